The zero-order valence-electron chi connectivity index (χ0n) is 14.2. The zero-order chi connectivity index (χ0) is 19.3. The summed E-state index contributed by atoms with van der Waals surface area (Å²) in [5, 5.41) is 20.3. The van der Waals surface area contributed by atoms with E-state index in [-0.39, 0.29) is 30.9 Å². The first-order chi connectivity index (χ1) is 12.3. The largest absolute Gasteiger partial charge is 0.467 e. The van der Waals surface area contributed by atoms with Crippen LogP contribution in [-0.2, 0) is 30.4 Å². The maximum absolute atomic E-state index is 11.8. The SMILES string of the molecule is COC(=O)C1CC(OC(C)=O)CC(Oc2ccc(CO)cc2[N+](=O)[O-])O1. The number of nitro benzene ring substituents is 1. The minimum Gasteiger partial charge on any atom is -0.467 e. The molecule has 0 spiro atoms. The molecule has 3 unspecified atom stereocenters. The molecule has 3 atom stereocenters. The summed E-state index contributed by atoms with van der Waals surface area (Å²) in [5.74, 6) is -1.29. The second-order valence-electron chi connectivity index (χ2n) is 5.62. The summed E-state index contributed by atoms with van der Waals surface area (Å²) in [4.78, 5) is 33.5. The van der Waals surface area contributed by atoms with E-state index >= 15 is 0 Å². The first kappa shape index (κ1) is 19.6. The van der Waals surface area contributed by atoms with Gasteiger partial charge in [-0.25, -0.2) is 4.79 Å². The molecule has 0 radical (unpaired) electrons. The predicted molar refractivity (Wildman–Crippen MR) is 85.1 cm³/mol. The first-order valence-electron chi connectivity index (χ1n) is 7.79. The van der Waals surface area contributed by atoms with Crippen LogP contribution in [-0.4, -0.2) is 47.6 Å². The molecule has 142 valence electrons. The van der Waals surface area contributed by atoms with Crippen LogP contribution in [0.4, 0.5) is 5.69 Å². The Bertz CT molecular complexity index is 690. The molecular weight excluding hydrogens is 350 g/mol. The van der Waals surface area contributed by atoms with Crippen molar-refractivity contribution in [3.05, 3.63) is 33.9 Å². The molecular formula is C16H19NO9. The number of methoxy groups -OCH3 is 1. The Labute approximate surface area is 148 Å². The predicted octanol–water partition coefficient (Wildman–Crippen LogP) is 1.08. The van der Waals surface area contributed by atoms with Crippen LogP contribution in [0.2, 0.25) is 0 Å². The Hall–Kier alpha value is -2.72. The van der Waals surface area contributed by atoms with Gasteiger partial charge in [-0.05, 0) is 11.6 Å². The molecule has 0 aliphatic carbocycles. The van der Waals surface area contributed by atoms with Crippen LogP contribution in [0.5, 0.6) is 5.75 Å². The van der Waals surface area contributed by atoms with Crippen molar-refractivity contribution >= 4 is 17.6 Å². The number of nitro groups is 1. The van der Waals surface area contributed by atoms with E-state index in [0.29, 0.717) is 5.56 Å². The van der Waals surface area contributed by atoms with Crippen molar-refractivity contribution in [3.63, 3.8) is 0 Å². The van der Waals surface area contributed by atoms with E-state index in [2.05, 4.69) is 4.74 Å². The molecule has 26 heavy (non-hydrogen) atoms. The number of carbonyl (C=O) groups is 2. The van der Waals surface area contributed by atoms with Crippen LogP contribution < -0.4 is 4.74 Å². The van der Waals surface area contributed by atoms with Crippen LogP contribution in [0.1, 0.15) is 25.3 Å². The van der Waals surface area contributed by atoms with Crippen molar-refractivity contribution in [2.45, 2.75) is 44.9 Å². The van der Waals surface area contributed by atoms with Gasteiger partial charge >= 0.3 is 17.6 Å². The number of aliphatic hydroxyl groups is 1. The maximum atomic E-state index is 11.8. The number of nitrogens with zero attached hydrogens (tertiary/aromatic N) is 1. The molecule has 10 nitrogen and oxygen atoms in total. The summed E-state index contributed by atoms with van der Waals surface area (Å²) in [6.07, 6.45) is -2.57. The highest BCUT2D eigenvalue weighted by Crippen LogP contribution is 2.32. The van der Waals surface area contributed by atoms with Crippen LogP contribution in [0.3, 0.4) is 0 Å². The number of benzene rings is 1. The smallest absolute Gasteiger partial charge is 0.335 e. The van der Waals surface area contributed by atoms with Gasteiger partial charge in [0.1, 0.15) is 6.10 Å². The second-order valence-corrected chi connectivity index (χ2v) is 5.62. The van der Waals surface area contributed by atoms with E-state index in [1.165, 1.54) is 32.2 Å². The fourth-order valence-electron chi connectivity index (χ4n) is 2.58. The van der Waals surface area contributed by atoms with Gasteiger partial charge in [0.05, 0.1) is 18.6 Å². The molecule has 2 rings (SSSR count). The first-order valence-corrected chi connectivity index (χ1v) is 7.79. The van der Waals surface area contributed by atoms with E-state index in [1.807, 2.05) is 0 Å². The topological polar surface area (TPSA) is 134 Å². The van der Waals surface area contributed by atoms with Gasteiger partial charge in [-0.15, -0.1) is 0 Å². The molecule has 1 aliphatic heterocycles. The molecule has 1 aromatic carbocycles. The molecule has 1 saturated heterocycles. The molecule has 0 saturated carbocycles. The Morgan fingerprint density at radius 3 is 2.69 bits per heavy atom. The van der Waals surface area contributed by atoms with Gasteiger partial charge < -0.3 is 24.1 Å². The number of ether oxygens (including phenoxy) is 4. The van der Waals surface area contributed by atoms with Gasteiger partial charge in [0.15, 0.2) is 11.9 Å². The number of carbonyl (C=O) groups excluding carboxylic acids is 2. The van der Waals surface area contributed by atoms with E-state index in [9.17, 15) is 19.7 Å². The highest BCUT2D eigenvalue weighted by Gasteiger charge is 2.37. The van der Waals surface area contributed by atoms with E-state index in [4.69, 9.17) is 19.3 Å². The molecule has 1 heterocycles. The lowest BCUT2D eigenvalue weighted by molar-refractivity contribution is -0.386. The number of esters is 2. The molecule has 1 aromatic rings. The number of hydrogen-bond donors (Lipinski definition) is 1. The summed E-state index contributed by atoms with van der Waals surface area (Å²) in [6, 6.07) is 3.97. The highest BCUT2D eigenvalue weighted by atomic mass is 16.7. The van der Waals surface area contributed by atoms with Crippen molar-refractivity contribution in [1.29, 1.82) is 0 Å². The lowest BCUT2D eigenvalue weighted by atomic mass is 10.0. The molecule has 10 heteroatoms. The maximum Gasteiger partial charge on any atom is 0.335 e. The summed E-state index contributed by atoms with van der Waals surface area (Å²) >= 11 is 0. The second kappa shape index (κ2) is 8.59. The summed E-state index contributed by atoms with van der Waals surface area (Å²) in [6.45, 7) is 0.872. The normalized spacial score (nSPS) is 22.3. The van der Waals surface area contributed by atoms with Gasteiger partial charge in [-0.3, -0.25) is 14.9 Å². The molecule has 1 N–H and O–H groups in total. The van der Waals surface area contributed by atoms with Gasteiger partial charge in [0.25, 0.3) is 0 Å². The van der Waals surface area contributed by atoms with Crippen molar-refractivity contribution in [2.24, 2.45) is 0 Å². The van der Waals surface area contributed by atoms with Crippen molar-refractivity contribution in [1.82, 2.24) is 0 Å². The lowest BCUT2D eigenvalue weighted by Crippen LogP contribution is -2.44. The fraction of sp³-hybridized carbons (Fsp3) is 0.500. The fourth-order valence-corrected chi connectivity index (χ4v) is 2.58. The van der Waals surface area contributed by atoms with Crippen molar-refractivity contribution < 1.29 is 38.6 Å². The third-order valence-corrected chi connectivity index (χ3v) is 3.71. The number of aliphatic hydroxyl groups excluding tert-OH is 1. The van der Waals surface area contributed by atoms with Gasteiger partial charge in [0.2, 0.25) is 6.29 Å². The standard InChI is InChI=1S/C16H19NO9/c1-9(19)24-11-6-14(16(20)23-2)26-15(7-11)25-13-4-3-10(8-18)5-12(13)17(21)22/h3-5,11,14-15,18H,6-8H2,1-2H3. The summed E-state index contributed by atoms with van der Waals surface area (Å²) in [5.41, 5.74) is -0.0109. The van der Waals surface area contributed by atoms with Gasteiger partial charge in [0, 0.05) is 25.8 Å². The minimum atomic E-state index is -1.06. The van der Waals surface area contributed by atoms with Gasteiger partial charge in [-0.1, -0.05) is 6.07 Å². The molecule has 1 aliphatic rings. The molecule has 0 aromatic heterocycles. The number of rotatable bonds is 6. The van der Waals surface area contributed by atoms with Crippen LogP contribution in [0, 0.1) is 10.1 Å². The average Bonchev–Trinajstić information content (AvgIpc) is 2.60. The Balaban J connectivity index is 2.21. The Kier molecular flexibility index (Phi) is 6.47. The number of hydrogen-bond acceptors (Lipinski definition) is 9. The Morgan fingerprint density at radius 2 is 2.12 bits per heavy atom. The Morgan fingerprint density at radius 1 is 1.38 bits per heavy atom. The molecule has 0 amide bonds. The van der Waals surface area contributed by atoms with E-state index in [0.717, 1.165) is 0 Å². The lowest BCUT2D eigenvalue weighted by Gasteiger charge is -2.33. The average molecular weight is 369 g/mol. The van der Waals surface area contributed by atoms with E-state index < -0.39 is 35.4 Å². The minimum absolute atomic E-state index is 0.0893. The van der Waals surface area contributed by atoms with Crippen LogP contribution in [0.15, 0.2) is 18.2 Å². The van der Waals surface area contributed by atoms with Crippen molar-refractivity contribution in [3.8, 4) is 5.75 Å². The monoisotopic (exact) mass is 369 g/mol. The summed E-state index contributed by atoms with van der Waals surface area (Å²) in [7, 11) is 1.19. The third-order valence-electron chi connectivity index (χ3n) is 3.71. The zero-order valence-corrected chi connectivity index (χ0v) is 14.2. The van der Waals surface area contributed by atoms with Crippen LogP contribution in [0.25, 0.3) is 0 Å². The van der Waals surface area contributed by atoms with E-state index in [1.54, 1.807) is 0 Å². The summed E-state index contributed by atoms with van der Waals surface area (Å²) < 4.78 is 20.8. The quantitative estimate of drug-likeness (QED) is 0.444. The molecule has 1 fully saturated rings. The van der Waals surface area contributed by atoms with Gasteiger partial charge in [-0.2, -0.15) is 0 Å². The molecule has 0 bridgehead atoms. The van der Waals surface area contributed by atoms with Crippen LogP contribution >= 0.6 is 0 Å². The highest BCUT2D eigenvalue weighted by molar-refractivity contribution is 5.74. The van der Waals surface area contributed by atoms with Crippen molar-refractivity contribution in [2.75, 3.05) is 7.11 Å². The third kappa shape index (κ3) is 4.90.